The first kappa shape index (κ1) is 31.3. The van der Waals surface area contributed by atoms with E-state index in [0.717, 1.165) is 6.07 Å². The van der Waals surface area contributed by atoms with Gasteiger partial charge in [0.1, 0.15) is 11.9 Å². The largest absolute Gasteiger partial charge is 0.481 e. The number of rotatable bonds is 10. The molecule has 4 rings (SSSR count). The number of nitrogens with one attached hydrogen (secondary N) is 2. The summed E-state index contributed by atoms with van der Waals surface area (Å²) >= 11 is 0. The summed E-state index contributed by atoms with van der Waals surface area (Å²) in [6.45, 7) is 6.60. The minimum Gasteiger partial charge on any atom is -0.481 e. The van der Waals surface area contributed by atoms with E-state index >= 15 is 0 Å². The van der Waals surface area contributed by atoms with Crippen LogP contribution in [-0.2, 0) is 9.59 Å². The second kappa shape index (κ2) is 12.7. The van der Waals surface area contributed by atoms with Gasteiger partial charge in [0.15, 0.2) is 17.3 Å². The number of carboxylic acids is 1. The van der Waals surface area contributed by atoms with Gasteiger partial charge in [0.25, 0.3) is 5.91 Å². The summed E-state index contributed by atoms with van der Waals surface area (Å²) in [5.41, 5.74) is -1.03. The van der Waals surface area contributed by atoms with Gasteiger partial charge in [-0.15, -0.1) is 0 Å². The van der Waals surface area contributed by atoms with Crippen LogP contribution in [0.25, 0.3) is 0 Å². The number of aromatic nitrogens is 2. The van der Waals surface area contributed by atoms with E-state index in [2.05, 4.69) is 15.5 Å². The molecule has 3 aromatic rings. The summed E-state index contributed by atoms with van der Waals surface area (Å²) < 4.78 is 34.4. The van der Waals surface area contributed by atoms with E-state index in [4.69, 9.17) is 4.74 Å². The molecule has 3 N–H and O–H groups in total. The van der Waals surface area contributed by atoms with Crippen molar-refractivity contribution in [2.24, 2.45) is 5.41 Å². The van der Waals surface area contributed by atoms with Crippen LogP contribution in [0.3, 0.4) is 0 Å². The molecule has 1 aliphatic rings. The fourth-order valence-electron chi connectivity index (χ4n) is 5.83. The van der Waals surface area contributed by atoms with Gasteiger partial charge >= 0.3 is 11.5 Å². The number of aryl methyl sites for hydroxylation is 1. The van der Waals surface area contributed by atoms with Gasteiger partial charge in [-0.05, 0) is 75.4 Å². The van der Waals surface area contributed by atoms with Crippen LogP contribution in [0.5, 0.6) is 11.5 Å². The Labute approximate surface area is 247 Å². The van der Waals surface area contributed by atoms with Gasteiger partial charge in [-0.3, -0.25) is 19.2 Å². The number of carboxylic acid groups (broad SMARTS) is 1. The molecule has 228 valence electrons. The van der Waals surface area contributed by atoms with Crippen LogP contribution in [0.4, 0.5) is 8.78 Å². The van der Waals surface area contributed by atoms with Crippen LogP contribution >= 0.6 is 0 Å². The Kier molecular flexibility index (Phi) is 9.27. The summed E-state index contributed by atoms with van der Waals surface area (Å²) in [5.74, 6) is -4.18. The van der Waals surface area contributed by atoms with Gasteiger partial charge in [-0.1, -0.05) is 26.0 Å². The molecule has 0 bridgehead atoms. The number of benzene rings is 2. The summed E-state index contributed by atoms with van der Waals surface area (Å²) in [5, 5.41) is 18.8. The Bertz CT molecular complexity index is 1590. The fraction of sp³-hybridized carbons (Fsp3) is 0.387. The lowest BCUT2D eigenvalue weighted by Crippen LogP contribution is -2.55. The van der Waals surface area contributed by atoms with Crippen LogP contribution in [0, 0.1) is 24.0 Å². The summed E-state index contributed by atoms with van der Waals surface area (Å²) in [6, 6.07) is 8.14. The van der Waals surface area contributed by atoms with Crippen molar-refractivity contribution in [1.82, 2.24) is 20.4 Å². The number of carbonyl (C=O) groups excluding carboxylic acids is 2. The highest BCUT2D eigenvalue weighted by Crippen LogP contribution is 2.47. The Hall–Kier alpha value is -4.61. The van der Waals surface area contributed by atoms with Crippen molar-refractivity contribution in [3.63, 3.8) is 0 Å². The molecule has 10 nitrogen and oxygen atoms in total. The molecule has 2 amide bonds. The summed E-state index contributed by atoms with van der Waals surface area (Å²) in [7, 11) is 0. The van der Waals surface area contributed by atoms with E-state index in [1.54, 1.807) is 26.8 Å². The number of H-pyrrole nitrogens is 1. The molecule has 2 heterocycles. The van der Waals surface area contributed by atoms with Crippen molar-refractivity contribution in [3.05, 3.63) is 87.3 Å². The van der Waals surface area contributed by atoms with Crippen molar-refractivity contribution >= 4 is 17.8 Å². The van der Waals surface area contributed by atoms with E-state index in [9.17, 15) is 33.1 Å². The Morgan fingerprint density at radius 1 is 1.12 bits per heavy atom. The Morgan fingerprint density at radius 3 is 2.47 bits per heavy atom. The van der Waals surface area contributed by atoms with Crippen LogP contribution in [-0.4, -0.2) is 50.1 Å². The van der Waals surface area contributed by atoms with Gasteiger partial charge in [0.2, 0.25) is 5.91 Å². The molecule has 43 heavy (non-hydrogen) atoms. The molecule has 0 unspecified atom stereocenters. The van der Waals surface area contributed by atoms with Gasteiger partial charge in [-0.25, -0.2) is 13.9 Å². The number of likely N-dealkylation sites (tertiary alicyclic amines) is 1. The van der Waals surface area contributed by atoms with E-state index in [-0.39, 0.29) is 29.9 Å². The number of aromatic amines is 1. The predicted octanol–water partition coefficient (Wildman–Crippen LogP) is 4.89. The first-order chi connectivity index (χ1) is 20.4. The van der Waals surface area contributed by atoms with E-state index in [1.807, 2.05) is 0 Å². The first-order valence-electron chi connectivity index (χ1n) is 14.1. The molecule has 12 heteroatoms. The van der Waals surface area contributed by atoms with Crippen LogP contribution in [0.2, 0.25) is 0 Å². The number of halogens is 2. The summed E-state index contributed by atoms with van der Waals surface area (Å²) in [4.78, 5) is 53.0. The molecule has 1 aliphatic heterocycles. The van der Waals surface area contributed by atoms with Crippen LogP contribution in [0.1, 0.15) is 74.1 Å². The highest BCUT2D eigenvalue weighted by atomic mass is 19.1. The standard InChI is InChI=1S/C31H34F2N4O6/c1-5-31(6-2,30(41)42)26-13-11-23(19-8-7-9-21(32)15-19)37(26)29(40)18(4)34-27(38)20-10-12-24(22(33)16-20)43-25-14-17(3)35-36-28(25)39/h7-10,12,14-16,18,23,26H,5-6,11,13H2,1-4H3,(H,34,38)(H,36,39)(H,41,42)/t18-,23+,26-/m1/s1. The molecule has 0 radical (unpaired) electrons. The topological polar surface area (TPSA) is 142 Å². The smallest absolute Gasteiger partial charge is 0.311 e. The van der Waals surface area contributed by atoms with E-state index < -0.39 is 58.5 Å². The van der Waals surface area contributed by atoms with Crippen molar-refractivity contribution in [3.8, 4) is 11.5 Å². The molecule has 1 fully saturated rings. The number of amides is 2. The third kappa shape index (κ3) is 6.27. The lowest BCUT2D eigenvalue weighted by Gasteiger charge is -2.42. The average molecular weight is 597 g/mol. The molecular weight excluding hydrogens is 562 g/mol. The third-order valence-electron chi connectivity index (χ3n) is 8.23. The second-order valence-corrected chi connectivity index (χ2v) is 10.7. The van der Waals surface area contributed by atoms with Gasteiger partial charge < -0.3 is 20.1 Å². The SMILES string of the molecule is CCC(CC)(C(=O)O)[C@H]1CC[C@@H](c2cccc(F)c2)N1C(=O)[C@@H](C)NC(=O)c1ccc(Oc2cc(C)n[nH]c2=O)c(F)c1. The maximum Gasteiger partial charge on any atom is 0.311 e. The highest BCUT2D eigenvalue weighted by Gasteiger charge is 2.52. The quantitative estimate of drug-likeness (QED) is 0.303. The lowest BCUT2D eigenvalue weighted by atomic mass is 9.74. The maximum absolute atomic E-state index is 14.9. The molecule has 0 saturated carbocycles. The molecule has 2 aromatic carbocycles. The van der Waals surface area contributed by atoms with Crippen molar-refractivity contribution in [2.75, 3.05) is 0 Å². The average Bonchev–Trinajstić information content (AvgIpc) is 3.41. The minimum atomic E-state index is -1.24. The Morgan fingerprint density at radius 2 is 1.84 bits per heavy atom. The highest BCUT2D eigenvalue weighted by molar-refractivity contribution is 5.97. The fourth-order valence-corrected chi connectivity index (χ4v) is 5.83. The predicted molar refractivity (Wildman–Crippen MR) is 153 cm³/mol. The molecule has 0 aliphatic carbocycles. The summed E-state index contributed by atoms with van der Waals surface area (Å²) in [6.07, 6.45) is 1.33. The number of nitrogens with zero attached hydrogens (tertiary/aromatic N) is 2. The third-order valence-corrected chi connectivity index (χ3v) is 8.23. The van der Waals surface area contributed by atoms with Crippen LogP contribution in [0.15, 0.2) is 53.3 Å². The van der Waals surface area contributed by atoms with E-state index in [1.165, 1.54) is 48.2 Å². The monoisotopic (exact) mass is 596 g/mol. The van der Waals surface area contributed by atoms with Gasteiger partial charge in [-0.2, -0.15) is 5.10 Å². The normalized spacial score (nSPS) is 17.4. The van der Waals surface area contributed by atoms with Crippen molar-refractivity contribution in [2.45, 2.75) is 71.5 Å². The molecule has 3 atom stereocenters. The number of aliphatic carboxylic acids is 1. The number of hydrogen-bond acceptors (Lipinski definition) is 6. The number of hydrogen-bond donors (Lipinski definition) is 3. The van der Waals surface area contributed by atoms with E-state index in [0.29, 0.717) is 24.1 Å². The van der Waals surface area contributed by atoms with Crippen LogP contribution < -0.4 is 15.6 Å². The molecule has 1 aromatic heterocycles. The zero-order chi connectivity index (χ0) is 31.5. The number of ether oxygens (including phenoxy) is 1. The van der Waals surface area contributed by atoms with Gasteiger partial charge in [0, 0.05) is 17.7 Å². The second-order valence-electron chi connectivity index (χ2n) is 10.7. The zero-order valence-electron chi connectivity index (χ0n) is 24.3. The Balaban J connectivity index is 1.58. The van der Waals surface area contributed by atoms with Crippen molar-refractivity contribution in [1.29, 1.82) is 0 Å². The molecular formula is C31H34F2N4O6. The van der Waals surface area contributed by atoms with Gasteiger partial charge in [0.05, 0.1) is 17.2 Å². The molecule has 1 saturated heterocycles. The zero-order valence-corrected chi connectivity index (χ0v) is 24.3. The van der Waals surface area contributed by atoms with Crippen molar-refractivity contribution < 1.29 is 33.0 Å². The lowest BCUT2D eigenvalue weighted by molar-refractivity contribution is -0.157. The maximum atomic E-state index is 14.9. The first-order valence-corrected chi connectivity index (χ1v) is 14.1. The minimum absolute atomic E-state index is 0.106. The molecule has 0 spiro atoms. The number of carbonyl (C=O) groups is 3.